The highest BCUT2D eigenvalue weighted by molar-refractivity contribution is 5.30. The van der Waals surface area contributed by atoms with Crippen LogP contribution in [0.4, 0.5) is 0 Å². The van der Waals surface area contributed by atoms with Gasteiger partial charge in [-0.2, -0.15) is 0 Å². The van der Waals surface area contributed by atoms with Crippen molar-refractivity contribution in [2.75, 3.05) is 19.6 Å². The van der Waals surface area contributed by atoms with Crippen LogP contribution in [-0.2, 0) is 19.6 Å². The Labute approximate surface area is 111 Å². The molecule has 0 aromatic heterocycles. The molecular weight excluding hydrogens is 222 g/mol. The summed E-state index contributed by atoms with van der Waals surface area (Å²) in [4.78, 5) is 0. The number of rotatable bonds is 9. The third-order valence-corrected chi connectivity index (χ3v) is 2.85. The molecule has 0 heterocycles. The van der Waals surface area contributed by atoms with Crippen molar-refractivity contribution in [2.24, 2.45) is 0 Å². The van der Waals surface area contributed by atoms with Crippen LogP contribution < -0.4 is 16.0 Å². The fraction of sp³-hybridized carbons (Fsp3) is 0.600. The molecule has 0 aliphatic carbocycles. The van der Waals surface area contributed by atoms with Crippen LogP contribution in [0.1, 0.15) is 37.5 Å². The molecule has 102 valence electrons. The molecule has 0 atom stereocenters. The summed E-state index contributed by atoms with van der Waals surface area (Å²) in [6.45, 7) is 12.3. The second-order valence-corrected chi connectivity index (χ2v) is 4.50. The van der Waals surface area contributed by atoms with Crippen LogP contribution in [0.5, 0.6) is 0 Å². The van der Waals surface area contributed by atoms with Crippen molar-refractivity contribution in [1.29, 1.82) is 0 Å². The Hall–Kier alpha value is -0.900. The molecule has 0 amide bonds. The zero-order valence-corrected chi connectivity index (χ0v) is 12.0. The van der Waals surface area contributed by atoms with Crippen molar-refractivity contribution in [1.82, 2.24) is 16.0 Å². The SMILES string of the molecule is CCNCc1cc(CNCC)cc(CNCC)c1. The molecule has 0 unspecified atom stereocenters. The largest absolute Gasteiger partial charge is 0.313 e. The lowest BCUT2D eigenvalue weighted by molar-refractivity contribution is 0.699. The summed E-state index contributed by atoms with van der Waals surface area (Å²) in [7, 11) is 0. The normalized spacial score (nSPS) is 10.8. The average molecular weight is 249 g/mol. The summed E-state index contributed by atoms with van der Waals surface area (Å²) >= 11 is 0. The molecule has 1 aromatic carbocycles. The minimum absolute atomic E-state index is 0.954. The Bertz CT molecular complexity index is 272. The van der Waals surface area contributed by atoms with E-state index in [1.54, 1.807) is 0 Å². The maximum absolute atomic E-state index is 3.39. The maximum atomic E-state index is 3.39. The Morgan fingerprint density at radius 2 is 0.889 bits per heavy atom. The van der Waals surface area contributed by atoms with Gasteiger partial charge in [0.1, 0.15) is 0 Å². The Morgan fingerprint density at radius 1 is 0.611 bits per heavy atom. The zero-order valence-electron chi connectivity index (χ0n) is 12.0. The smallest absolute Gasteiger partial charge is 0.0205 e. The van der Waals surface area contributed by atoms with E-state index in [0.717, 1.165) is 39.3 Å². The quantitative estimate of drug-likeness (QED) is 0.626. The van der Waals surface area contributed by atoms with Crippen LogP contribution in [0.15, 0.2) is 18.2 Å². The van der Waals surface area contributed by atoms with E-state index in [9.17, 15) is 0 Å². The number of hydrogen-bond donors (Lipinski definition) is 3. The van der Waals surface area contributed by atoms with E-state index in [4.69, 9.17) is 0 Å². The fourth-order valence-electron chi connectivity index (χ4n) is 1.95. The first-order valence-corrected chi connectivity index (χ1v) is 7.04. The summed E-state index contributed by atoms with van der Waals surface area (Å²) in [6.07, 6.45) is 0. The van der Waals surface area contributed by atoms with Crippen molar-refractivity contribution in [3.8, 4) is 0 Å². The first-order valence-electron chi connectivity index (χ1n) is 7.04. The van der Waals surface area contributed by atoms with Gasteiger partial charge in [-0.1, -0.05) is 39.0 Å². The molecule has 0 aliphatic heterocycles. The lowest BCUT2D eigenvalue weighted by Gasteiger charge is -2.11. The molecule has 0 aliphatic rings. The first-order chi connectivity index (χ1) is 8.80. The van der Waals surface area contributed by atoms with E-state index in [2.05, 4.69) is 54.9 Å². The number of hydrogen-bond acceptors (Lipinski definition) is 3. The van der Waals surface area contributed by atoms with Gasteiger partial charge in [0.25, 0.3) is 0 Å². The molecule has 3 heteroatoms. The molecule has 0 saturated carbocycles. The van der Waals surface area contributed by atoms with Gasteiger partial charge in [0.2, 0.25) is 0 Å². The average Bonchev–Trinajstić information content (AvgIpc) is 2.40. The van der Waals surface area contributed by atoms with Crippen molar-refractivity contribution >= 4 is 0 Å². The molecule has 0 spiro atoms. The molecule has 18 heavy (non-hydrogen) atoms. The van der Waals surface area contributed by atoms with Gasteiger partial charge in [0.15, 0.2) is 0 Å². The third-order valence-electron chi connectivity index (χ3n) is 2.85. The molecule has 0 saturated heterocycles. The lowest BCUT2D eigenvalue weighted by atomic mass is 10.0. The van der Waals surface area contributed by atoms with Crippen molar-refractivity contribution in [3.63, 3.8) is 0 Å². The highest BCUT2D eigenvalue weighted by Gasteiger charge is 2.01. The Kier molecular flexibility index (Phi) is 7.65. The van der Waals surface area contributed by atoms with E-state index in [1.165, 1.54) is 16.7 Å². The Morgan fingerprint density at radius 3 is 1.11 bits per heavy atom. The van der Waals surface area contributed by atoms with Crippen LogP contribution in [0.2, 0.25) is 0 Å². The molecule has 1 rings (SSSR count). The molecular formula is C15H27N3. The summed E-state index contributed by atoms with van der Waals surface area (Å²) in [5.74, 6) is 0. The van der Waals surface area contributed by atoms with E-state index in [0.29, 0.717) is 0 Å². The van der Waals surface area contributed by atoms with Gasteiger partial charge in [-0.25, -0.2) is 0 Å². The fourth-order valence-corrected chi connectivity index (χ4v) is 1.95. The van der Waals surface area contributed by atoms with E-state index >= 15 is 0 Å². The monoisotopic (exact) mass is 249 g/mol. The van der Waals surface area contributed by atoms with E-state index < -0.39 is 0 Å². The van der Waals surface area contributed by atoms with Gasteiger partial charge in [0, 0.05) is 19.6 Å². The standard InChI is InChI=1S/C15H27N3/c1-4-16-10-13-7-14(11-17-5-2)9-15(8-13)12-18-6-3/h7-9,16-18H,4-6,10-12H2,1-3H3. The van der Waals surface area contributed by atoms with Crippen LogP contribution in [0.3, 0.4) is 0 Å². The lowest BCUT2D eigenvalue weighted by Crippen LogP contribution is -2.16. The highest BCUT2D eigenvalue weighted by atomic mass is 14.9. The van der Waals surface area contributed by atoms with Crippen molar-refractivity contribution in [3.05, 3.63) is 34.9 Å². The van der Waals surface area contributed by atoms with Gasteiger partial charge >= 0.3 is 0 Å². The zero-order chi connectivity index (χ0) is 13.2. The second kappa shape index (κ2) is 9.09. The topological polar surface area (TPSA) is 36.1 Å². The van der Waals surface area contributed by atoms with Crippen LogP contribution in [0, 0.1) is 0 Å². The van der Waals surface area contributed by atoms with Crippen molar-refractivity contribution < 1.29 is 0 Å². The van der Waals surface area contributed by atoms with Gasteiger partial charge < -0.3 is 16.0 Å². The second-order valence-electron chi connectivity index (χ2n) is 4.50. The molecule has 0 bridgehead atoms. The summed E-state index contributed by atoms with van der Waals surface area (Å²) < 4.78 is 0. The molecule has 3 nitrogen and oxygen atoms in total. The number of nitrogens with one attached hydrogen (secondary N) is 3. The summed E-state index contributed by atoms with van der Waals surface area (Å²) in [5.41, 5.74) is 4.13. The first kappa shape index (κ1) is 15.2. The van der Waals surface area contributed by atoms with E-state index in [-0.39, 0.29) is 0 Å². The van der Waals surface area contributed by atoms with Gasteiger partial charge in [-0.05, 0) is 36.3 Å². The molecule has 1 aromatic rings. The minimum Gasteiger partial charge on any atom is -0.313 e. The van der Waals surface area contributed by atoms with E-state index in [1.807, 2.05) is 0 Å². The Balaban J connectivity index is 2.74. The summed E-state index contributed by atoms with van der Waals surface area (Å²) in [6, 6.07) is 6.88. The highest BCUT2D eigenvalue weighted by Crippen LogP contribution is 2.11. The van der Waals surface area contributed by atoms with Crippen LogP contribution in [0.25, 0.3) is 0 Å². The van der Waals surface area contributed by atoms with Gasteiger partial charge in [0.05, 0.1) is 0 Å². The summed E-state index contributed by atoms with van der Waals surface area (Å²) in [5, 5.41) is 10.2. The van der Waals surface area contributed by atoms with Crippen molar-refractivity contribution in [2.45, 2.75) is 40.4 Å². The molecule has 0 radical (unpaired) electrons. The minimum atomic E-state index is 0.954. The maximum Gasteiger partial charge on any atom is 0.0205 e. The van der Waals surface area contributed by atoms with Crippen LogP contribution in [-0.4, -0.2) is 19.6 Å². The molecule has 3 N–H and O–H groups in total. The third kappa shape index (κ3) is 5.63. The number of benzene rings is 1. The van der Waals surface area contributed by atoms with Gasteiger partial charge in [-0.3, -0.25) is 0 Å². The predicted molar refractivity (Wildman–Crippen MR) is 78.6 cm³/mol. The molecule has 0 fully saturated rings. The van der Waals surface area contributed by atoms with Gasteiger partial charge in [-0.15, -0.1) is 0 Å². The predicted octanol–water partition coefficient (Wildman–Crippen LogP) is 2.02. The van der Waals surface area contributed by atoms with Crippen LogP contribution >= 0.6 is 0 Å².